The summed E-state index contributed by atoms with van der Waals surface area (Å²) in [6.07, 6.45) is 1.42. The number of piperidine rings is 1. The monoisotopic (exact) mass is 231 g/mol. The molecule has 1 aromatic carbocycles. The van der Waals surface area contributed by atoms with Gasteiger partial charge in [0.2, 0.25) is 0 Å². The molecule has 3 nitrogen and oxygen atoms in total. The lowest BCUT2D eigenvalue weighted by Crippen LogP contribution is -2.33. The van der Waals surface area contributed by atoms with Crippen LogP contribution >= 0.6 is 0 Å². The third-order valence-corrected chi connectivity index (χ3v) is 4.08. The number of hydrogen-bond acceptors (Lipinski definition) is 3. The molecule has 3 rings (SSSR count). The van der Waals surface area contributed by atoms with Gasteiger partial charge >= 0.3 is 7.12 Å². The number of rotatable bonds is 3. The van der Waals surface area contributed by atoms with Crippen molar-refractivity contribution in [3.8, 4) is 0 Å². The van der Waals surface area contributed by atoms with Gasteiger partial charge in [0.25, 0.3) is 0 Å². The Balaban J connectivity index is 1.72. The van der Waals surface area contributed by atoms with Crippen LogP contribution in [-0.2, 0) is 6.54 Å². The molecule has 0 amide bonds. The number of hydrogen-bond donors (Lipinski definition) is 2. The maximum Gasteiger partial charge on any atom is 0.488 e. The van der Waals surface area contributed by atoms with Gasteiger partial charge in [-0.2, -0.15) is 0 Å². The number of nitrogens with zero attached hydrogens (tertiary/aromatic N) is 1. The fraction of sp³-hybridized carbons (Fsp3) is 0.538. The van der Waals surface area contributed by atoms with Crippen LogP contribution in [0.3, 0.4) is 0 Å². The minimum absolute atomic E-state index is 0.631. The lowest BCUT2D eigenvalue weighted by atomic mass is 9.76. The van der Waals surface area contributed by atoms with Gasteiger partial charge in [-0.1, -0.05) is 23.8 Å². The Morgan fingerprint density at radius 2 is 2.00 bits per heavy atom. The molecule has 2 aliphatic rings. The predicted molar refractivity (Wildman–Crippen MR) is 67.9 cm³/mol. The molecule has 2 unspecified atom stereocenters. The summed E-state index contributed by atoms with van der Waals surface area (Å²) in [5.74, 6) is 1.90. The van der Waals surface area contributed by atoms with Gasteiger partial charge in [-0.05, 0) is 36.2 Å². The van der Waals surface area contributed by atoms with E-state index >= 15 is 0 Å². The largest absolute Gasteiger partial charge is 0.488 e. The van der Waals surface area contributed by atoms with Crippen LogP contribution < -0.4 is 5.46 Å². The average Bonchev–Trinajstić information content (AvgIpc) is 2.89. The zero-order valence-electron chi connectivity index (χ0n) is 10.1. The van der Waals surface area contributed by atoms with Crippen LogP contribution in [0.15, 0.2) is 18.2 Å². The Bertz CT molecular complexity index is 425. The number of likely N-dealkylation sites (tertiary alicyclic amines) is 1. The Hall–Kier alpha value is -0.835. The second kappa shape index (κ2) is 4.12. The summed E-state index contributed by atoms with van der Waals surface area (Å²) >= 11 is 0. The quantitative estimate of drug-likeness (QED) is 0.726. The van der Waals surface area contributed by atoms with Crippen molar-refractivity contribution >= 4 is 12.6 Å². The van der Waals surface area contributed by atoms with Gasteiger partial charge in [0, 0.05) is 19.6 Å². The lowest BCUT2D eigenvalue weighted by Gasteiger charge is -2.18. The molecule has 0 radical (unpaired) electrons. The van der Waals surface area contributed by atoms with Crippen molar-refractivity contribution in [1.29, 1.82) is 0 Å². The molecular weight excluding hydrogens is 213 g/mol. The standard InChI is InChI=1S/C13H18BNO2/c1-9-2-3-10(4-13(9)14(16)17)6-15-7-11-5-12(11)8-15/h2-4,11-12,16-17H,5-8H2,1H3. The highest BCUT2D eigenvalue weighted by atomic mass is 16.4. The summed E-state index contributed by atoms with van der Waals surface area (Å²) in [6.45, 7) is 5.28. The minimum Gasteiger partial charge on any atom is -0.423 e. The van der Waals surface area contributed by atoms with E-state index in [0.717, 1.165) is 23.9 Å². The molecule has 2 atom stereocenters. The van der Waals surface area contributed by atoms with Crippen LogP contribution in [0.2, 0.25) is 0 Å². The van der Waals surface area contributed by atoms with E-state index in [9.17, 15) is 10.0 Å². The van der Waals surface area contributed by atoms with Crippen LogP contribution in [0.5, 0.6) is 0 Å². The highest BCUT2D eigenvalue weighted by Crippen LogP contribution is 2.45. The first-order valence-electron chi connectivity index (χ1n) is 6.31. The topological polar surface area (TPSA) is 43.7 Å². The molecule has 1 saturated carbocycles. The molecular formula is C13H18BNO2. The van der Waals surface area contributed by atoms with Crippen molar-refractivity contribution < 1.29 is 10.0 Å². The molecule has 17 heavy (non-hydrogen) atoms. The summed E-state index contributed by atoms with van der Waals surface area (Å²) in [4.78, 5) is 2.47. The molecule has 1 aliphatic heterocycles. The zero-order valence-corrected chi connectivity index (χ0v) is 10.1. The fourth-order valence-electron chi connectivity index (χ4n) is 2.95. The van der Waals surface area contributed by atoms with Gasteiger partial charge in [-0.15, -0.1) is 0 Å². The van der Waals surface area contributed by atoms with Gasteiger partial charge in [0.15, 0.2) is 0 Å². The molecule has 1 saturated heterocycles. The number of benzene rings is 1. The van der Waals surface area contributed by atoms with Gasteiger partial charge < -0.3 is 10.0 Å². The van der Waals surface area contributed by atoms with Gasteiger partial charge in [-0.3, -0.25) is 4.90 Å². The van der Waals surface area contributed by atoms with Crippen molar-refractivity contribution in [2.75, 3.05) is 13.1 Å². The van der Waals surface area contributed by atoms with Crippen LogP contribution in [0.1, 0.15) is 17.5 Å². The second-order valence-corrected chi connectivity index (χ2v) is 5.51. The Labute approximate surface area is 102 Å². The molecule has 0 bridgehead atoms. The highest BCUT2D eigenvalue weighted by Gasteiger charge is 2.44. The fourth-order valence-corrected chi connectivity index (χ4v) is 2.95. The van der Waals surface area contributed by atoms with E-state index in [1.807, 2.05) is 19.1 Å². The Kier molecular flexibility index (Phi) is 2.73. The Morgan fingerprint density at radius 1 is 1.29 bits per heavy atom. The molecule has 1 aromatic rings. The molecule has 2 fully saturated rings. The summed E-state index contributed by atoms with van der Waals surface area (Å²) in [7, 11) is -1.36. The van der Waals surface area contributed by atoms with Gasteiger partial charge in [0.1, 0.15) is 0 Å². The first-order chi connectivity index (χ1) is 8.13. The minimum atomic E-state index is -1.36. The van der Waals surface area contributed by atoms with Crippen molar-refractivity contribution in [3.05, 3.63) is 29.3 Å². The molecule has 2 N–H and O–H groups in total. The third kappa shape index (κ3) is 2.25. The van der Waals surface area contributed by atoms with Crippen molar-refractivity contribution in [1.82, 2.24) is 4.90 Å². The average molecular weight is 231 g/mol. The summed E-state index contributed by atoms with van der Waals surface area (Å²) < 4.78 is 0. The zero-order chi connectivity index (χ0) is 12.0. The Morgan fingerprint density at radius 3 is 2.65 bits per heavy atom. The molecule has 4 heteroatoms. The van der Waals surface area contributed by atoms with Crippen molar-refractivity contribution in [2.24, 2.45) is 11.8 Å². The van der Waals surface area contributed by atoms with E-state index in [-0.39, 0.29) is 0 Å². The maximum absolute atomic E-state index is 9.28. The van der Waals surface area contributed by atoms with Crippen LogP contribution in [0.4, 0.5) is 0 Å². The smallest absolute Gasteiger partial charge is 0.423 e. The highest BCUT2D eigenvalue weighted by molar-refractivity contribution is 6.59. The van der Waals surface area contributed by atoms with Gasteiger partial charge in [0.05, 0.1) is 0 Å². The summed E-state index contributed by atoms with van der Waals surface area (Å²) in [5.41, 5.74) is 2.75. The predicted octanol–water partition coefficient (Wildman–Crippen LogP) is 0.127. The van der Waals surface area contributed by atoms with E-state index in [0.29, 0.717) is 5.46 Å². The first-order valence-corrected chi connectivity index (χ1v) is 6.31. The van der Waals surface area contributed by atoms with Crippen LogP contribution in [-0.4, -0.2) is 35.2 Å². The summed E-state index contributed by atoms with van der Waals surface area (Å²) in [5, 5.41) is 18.6. The molecule has 1 aliphatic carbocycles. The lowest BCUT2D eigenvalue weighted by molar-refractivity contribution is 0.297. The molecule has 0 spiro atoms. The summed E-state index contributed by atoms with van der Waals surface area (Å²) in [6, 6.07) is 5.98. The van der Waals surface area contributed by atoms with E-state index < -0.39 is 7.12 Å². The van der Waals surface area contributed by atoms with Crippen LogP contribution in [0.25, 0.3) is 0 Å². The maximum atomic E-state index is 9.28. The number of aryl methyl sites for hydroxylation is 1. The van der Waals surface area contributed by atoms with Crippen molar-refractivity contribution in [3.63, 3.8) is 0 Å². The number of fused-ring (bicyclic) bond motifs is 1. The molecule has 0 aromatic heterocycles. The first kappa shape index (κ1) is 11.3. The van der Waals surface area contributed by atoms with E-state index in [1.165, 1.54) is 25.1 Å². The third-order valence-electron chi connectivity index (χ3n) is 4.08. The second-order valence-electron chi connectivity index (χ2n) is 5.51. The van der Waals surface area contributed by atoms with E-state index in [1.54, 1.807) is 0 Å². The van der Waals surface area contributed by atoms with E-state index in [2.05, 4.69) is 11.0 Å². The van der Waals surface area contributed by atoms with Crippen LogP contribution in [0, 0.1) is 18.8 Å². The van der Waals surface area contributed by atoms with E-state index in [4.69, 9.17) is 0 Å². The molecule has 1 heterocycles. The van der Waals surface area contributed by atoms with Crippen molar-refractivity contribution in [2.45, 2.75) is 19.9 Å². The normalized spacial score (nSPS) is 27.0. The van der Waals surface area contributed by atoms with Gasteiger partial charge in [-0.25, -0.2) is 0 Å². The SMILES string of the molecule is Cc1ccc(CN2CC3CC3C2)cc1B(O)O. The molecule has 90 valence electrons.